The number of aromatic nitrogens is 2. The number of aryl methyl sites for hydroxylation is 1. The molecule has 144 valence electrons. The zero-order valence-electron chi connectivity index (χ0n) is 16.2. The van der Waals surface area contributed by atoms with Gasteiger partial charge in [0.05, 0.1) is 0 Å². The van der Waals surface area contributed by atoms with Crippen LogP contribution in [0, 0.1) is 12.8 Å². The molecule has 4 rings (SSSR count). The molecular formula is C22H24N4O2. The zero-order valence-corrected chi connectivity index (χ0v) is 16.2. The van der Waals surface area contributed by atoms with Gasteiger partial charge in [-0.3, -0.25) is 14.0 Å². The second-order valence-corrected chi connectivity index (χ2v) is 7.58. The van der Waals surface area contributed by atoms with E-state index >= 15 is 0 Å². The third kappa shape index (κ3) is 3.63. The van der Waals surface area contributed by atoms with Crippen LogP contribution >= 0.6 is 0 Å². The summed E-state index contributed by atoms with van der Waals surface area (Å²) in [7, 11) is 0. The van der Waals surface area contributed by atoms with Gasteiger partial charge in [-0.05, 0) is 67.6 Å². The summed E-state index contributed by atoms with van der Waals surface area (Å²) in [4.78, 5) is 31.8. The molecule has 0 atom stereocenters. The highest BCUT2D eigenvalue weighted by Crippen LogP contribution is 2.24. The lowest BCUT2D eigenvalue weighted by Crippen LogP contribution is -2.32. The molecule has 1 aliphatic rings. The third-order valence-electron chi connectivity index (χ3n) is 5.38. The fourth-order valence-corrected chi connectivity index (χ4v) is 3.55. The number of rotatable bonds is 3. The van der Waals surface area contributed by atoms with Crippen molar-refractivity contribution in [2.24, 2.45) is 5.92 Å². The van der Waals surface area contributed by atoms with Gasteiger partial charge < -0.3 is 10.2 Å². The van der Waals surface area contributed by atoms with Gasteiger partial charge in [0, 0.05) is 36.9 Å². The number of hydrogen-bond donors (Lipinski definition) is 1. The molecule has 6 nitrogen and oxygen atoms in total. The van der Waals surface area contributed by atoms with Gasteiger partial charge in [0.25, 0.3) is 11.5 Å². The molecule has 1 fully saturated rings. The highest BCUT2D eigenvalue weighted by molar-refractivity contribution is 6.04. The monoisotopic (exact) mass is 376 g/mol. The molecule has 1 amide bonds. The predicted molar refractivity (Wildman–Crippen MR) is 111 cm³/mol. The molecular weight excluding hydrogens is 352 g/mol. The van der Waals surface area contributed by atoms with Crippen molar-refractivity contribution in [1.29, 1.82) is 0 Å². The molecule has 6 heteroatoms. The first-order chi connectivity index (χ1) is 13.5. The average Bonchev–Trinajstić information content (AvgIpc) is 2.69. The second-order valence-electron chi connectivity index (χ2n) is 7.58. The molecule has 1 aromatic carbocycles. The summed E-state index contributed by atoms with van der Waals surface area (Å²) in [5.41, 5.74) is 3.01. The van der Waals surface area contributed by atoms with E-state index in [0.717, 1.165) is 30.3 Å². The first kappa shape index (κ1) is 18.2. The first-order valence-corrected chi connectivity index (χ1v) is 9.65. The van der Waals surface area contributed by atoms with E-state index in [4.69, 9.17) is 0 Å². The molecule has 0 aliphatic carbocycles. The van der Waals surface area contributed by atoms with Crippen LogP contribution in [0.5, 0.6) is 0 Å². The van der Waals surface area contributed by atoms with Gasteiger partial charge >= 0.3 is 0 Å². The number of nitrogens with one attached hydrogen (secondary N) is 1. The van der Waals surface area contributed by atoms with Gasteiger partial charge in [-0.15, -0.1) is 0 Å². The Kier molecular flexibility index (Phi) is 4.86. The average molecular weight is 376 g/mol. The molecule has 28 heavy (non-hydrogen) atoms. The normalized spacial score (nSPS) is 15.0. The quantitative estimate of drug-likeness (QED) is 0.760. The molecule has 0 unspecified atom stereocenters. The van der Waals surface area contributed by atoms with Crippen molar-refractivity contribution < 1.29 is 4.79 Å². The summed E-state index contributed by atoms with van der Waals surface area (Å²) >= 11 is 0. The summed E-state index contributed by atoms with van der Waals surface area (Å²) in [6, 6.07) is 11.4. The minimum absolute atomic E-state index is 0.0236. The maximum Gasteiger partial charge on any atom is 0.270 e. The van der Waals surface area contributed by atoms with Crippen molar-refractivity contribution >= 4 is 22.9 Å². The Morgan fingerprint density at radius 3 is 2.57 bits per heavy atom. The predicted octanol–water partition coefficient (Wildman–Crippen LogP) is 3.49. The first-order valence-electron chi connectivity index (χ1n) is 9.65. The Hall–Kier alpha value is -3.15. The number of carbonyl (C=O) groups is 1. The lowest BCUT2D eigenvalue weighted by molar-refractivity contribution is 0.102. The number of pyridine rings is 1. The van der Waals surface area contributed by atoms with Crippen LogP contribution in [0.3, 0.4) is 0 Å². The third-order valence-corrected chi connectivity index (χ3v) is 5.38. The molecule has 1 N–H and O–H groups in total. The smallest absolute Gasteiger partial charge is 0.270 e. The van der Waals surface area contributed by atoms with Gasteiger partial charge in [0.1, 0.15) is 11.2 Å². The number of nitrogens with zero attached hydrogens (tertiary/aromatic N) is 3. The van der Waals surface area contributed by atoms with Crippen LogP contribution in [-0.4, -0.2) is 28.4 Å². The molecule has 2 aromatic heterocycles. The number of amides is 1. The van der Waals surface area contributed by atoms with Gasteiger partial charge in [-0.2, -0.15) is 0 Å². The Bertz CT molecular complexity index is 1060. The van der Waals surface area contributed by atoms with Crippen LogP contribution in [0.1, 0.15) is 35.7 Å². The van der Waals surface area contributed by atoms with Crippen molar-refractivity contribution in [3.63, 3.8) is 0 Å². The van der Waals surface area contributed by atoms with Crippen molar-refractivity contribution in [3.8, 4) is 0 Å². The second kappa shape index (κ2) is 7.46. The number of fused-ring (bicyclic) bond motifs is 1. The fourth-order valence-electron chi connectivity index (χ4n) is 3.55. The topological polar surface area (TPSA) is 66.7 Å². The summed E-state index contributed by atoms with van der Waals surface area (Å²) in [6.07, 6.45) is 5.40. The van der Waals surface area contributed by atoms with Crippen molar-refractivity contribution in [2.45, 2.75) is 26.7 Å². The molecule has 0 saturated carbocycles. The molecule has 3 aromatic rings. The van der Waals surface area contributed by atoms with E-state index in [0.29, 0.717) is 11.3 Å². The summed E-state index contributed by atoms with van der Waals surface area (Å²) in [6.45, 7) is 6.35. The number of piperidine rings is 1. The summed E-state index contributed by atoms with van der Waals surface area (Å²) in [5.74, 6) is 0.334. The van der Waals surface area contributed by atoms with E-state index in [1.165, 1.54) is 23.4 Å². The maximum atomic E-state index is 12.6. The van der Waals surface area contributed by atoms with Gasteiger partial charge in [0.2, 0.25) is 0 Å². The van der Waals surface area contributed by atoms with E-state index in [9.17, 15) is 9.59 Å². The highest BCUT2D eigenvalue weighted by Gasteiger charge is 2.17. The minimum atomic E-state index is -0.452. The van der Waals surface area contributed by atoms with Crippen molar-refractivity contribution in [3.05, 3.63) is 70.3 Å². The molecule has 0 bridgehead atoms. The summed E-state index contributed by atoms with van der Waals surface area (Å²) < 4.78 is 1.39. The number of anilines is 2. The fraction of sp³-hybridized carbons (Fsp3) is 0.318. The van der Waals surface area contributed by atoms with E-state index < -0.39 is 5.91 Å². The highest BCUT2D eigenvalue weighted by atomic mass is 16.2. The van der Waals surface area contributed by atoms with Crippen LogP contribution in [0.2, 0.25) is 0 Å². The maximum absolute atomic E-state index is 12.6. The van der Waals surface area contributed by atoms with Crippen LogP contribution in [0.15, 0.2) is 53.6 Å². The Labute approximate surface area is 163 Å². The Morgan fingerprint density at radius 2 is 1.86 bits per heavy atom. The van der Waals surface area contributed by atoms with Gasteiger partial charge in [-0.25, -0.2) is 4.98 Å². The van der Waals surface area contributed by atoms with E-state index in [2.05, 4.69) is 22.1 Å². The van der Waals surface area contributed by atoms with Crippen LogP contribution in [0.4, 0.5) is 11.4 Å². The van der Waals surface area contributed by atoms with Crippen LogP contribution in [-0.2, 0) is 0 Å². The van der Waals surface area contributed by atoms with Crippen LogP contribution < -0.4 is 15.8 Å². The largest absolute Gasteiger partial charge is 0.372 e. The number of carbonyl (C=O) groups excluding carboxylic acids is 1. The van der Waals surface area contributed by atoms with Crippen molar-refractivity contribution in [1.82, 2.24) is 9.38 Å². The lowest BCUT2D eigenvalue weighted by Gasteiger charge is -2.32. The standard InChI is InChI=1S/C22H24N4O2/c1-15-7-10-25(11-8-15)18-5-3-17(4-6-18)24-21(27)19-14-23-20-13-16(2)9-12-26(20)22(19)28/h3-6,9,12-15H,7-8,10-11H2,1-2H3,(H,24,27). The lowest BCUT2D eigenvalue weighted by atomic mass is 9.99. The van der Waals surface area contributed by atoms with E-state index in [1.807, 2.05) is 43.3 Å². The van der Waals surface area contributed by atoms with Gasteiger partial charge in [0.15, 0.2) is 0 Å². The minimum Gasteiger partial charge on any atom is -0.372 e. The Balaban J connectivity index is 1.51. The molecule has 1 aliphatic heterocycles. The van der Waals surface area contributed by atoms with E-state index in [-0.39, 0.29) is 11.1 Å². The Morgan fingerprint density at radius 1 is 1.14 bits per heavy atom. The van der Waals surface area contributed by atoms with E-state index in [1.54, 1.807) is 6.20 Å². The summed E-state index contributed by atoms with van der Waals surface area (Å²) in [5, 5.41) is 2.80. The molecule has 0 radical (unpaired) electrons. The number of hydrogen-bond acceptors (Lipinski definition) is 4. The zero-order chi connectivity index (χ0) is 19.7. The van der Waals surface area contributed by atoms with Gasteiger partial charge in [-0.1, -0.05) is 6.92 Å². The number of benzene rings is 1. The molecule has 1 saturated heterocycles. The van der Waals surface area contributed by atoms with Crippen LogP contribution in [0.25, 0.3) is 5.65 Å². The van der Waals surface area contributed by atoms with Crippen molar-refractivity contribution in [2.75, 3.05) is 23.3 Å². The molecule has 3 heterocycles. The molecule has 0 spiro atoms. The SMILES string of the molecule is Cc1ccn2c(=O)c(C(=O)Nc3ccc(N4CCC(C)CC4)cc3)cnc2c1.